The van der Waals surface area contributed by atoms with Gasteiger partial charge in [-0.1, -0.05) is 60.8 Å². The highest BCUT2D eigenvalue weighted by atomic mass is 32.2. The first-order valence-corrected chi connectivity index (χ1v) is 9.29. The zero-order valence-electron chi connectivity index (χ0n) is 14.3. The number of carbonyl (C=O) groups excluding carboxylic acids is 2. The maximum atomic E-state index is 12.7. The molecule has 3 rings (SSSR count). The van der Waals surface area contributed by atoms with Crippen molar-refractivity contribution in [1.29, 1.82) is 0 Å². The van der Waals surface area contributed by atoms with Gasteiger partial charge in [0.25, 0.3) is 11.8 Å². The van der Waals surface area contributed by atoms with Gasteiger partial charge in [0, 0.05) is 11.1 Å². The van der Waals surface area contributed by atoms with Crippen LogP contribution in [-0.2, 0) is 4.79 Å². The van der Waals surface area contributed by atoms with Crippen molar-refractivity contribution in [3.63, 3.8) is 0 Å². The van der Waals surface area contributed by atoms with Crippen molar-refractivity contribution in [2.75, 3.05) is 6.61 Å². The number of amides is 2. The monoisotopic (exact) mass is 396 g/mol. The number of nitrogens with zero attached hydrogens (tertiary/aromatic N) is 1. The topological polar surface area (TPSA) is 58.6 Å². The fourth-order valence-corrected chi connectivity index (χ4v) is 3.51. The Kier molecular flexibility index (Phi) is 6.05. The highest BCUT2D eigenvalue weighted by Gasteiger charge is 2.34. The molecule has 2 aromatic rings. The Morgan fingerprint density at radius 2 is 1.89 bits per heavy atom. The van der Waals surface area contributed by atoms with Crippen LogP contribution >= 0.6 is 24.0 Å². The lowest BCUT2D eigenvalue weighted by atomic mass is 10.2. The third-order valence-electron chi connectivity index (χ3n) is 3.61. The number of thioether (sulfide) groups is 1. The molecule has 1 N–H and O–H groups in total. The lowest BCUT2D eigenvalue weighted by molar-refractivity contribution is -0.123. The van der Waals surface area contributed by atoms with Gasteiger partial charge in [-0.15, -0.1) is 0 Å². The van der Waals surface area contributed by atoms with Crippen LogP contribution in [-0.4, -0.2) is 27.8 Å². The minimum atomic E-state index is -0.400. The van der Waals surface area contributed by atoms with E-state index >= 15 is 0 Å². The van der Waals surface area contributed by atoms with E-state index < -0.39 is 5.91 Å². The predicted octanol–water partition coefficient (Wildman–Crippen LogP) is 3.80. The van der Waals surface area contributed by atoms with Crippen molar-refractivity contribution in [3.05, 3.63) is 83.3 Å². The Balaban J connectivity index is 1.79. The normalized spacial score (nSPS) is 15.1. The van der Waals surface area contributed by atoms with Gasteiger partial charge in [-0.25, -0.2) is 0 Å². The Morgan fingerprint density at radius 1 is 1.19 bits per heavy atom. The number of hydrogen-bond acceptors (Lipinski definition) is 5. The Hall–Kier alpha value is -2.90. The largest absolute Gasteiger partial charge is 0.489 e. The number of rotatable bonds is 6. The molecule has 136 valence electrons. The van der Waals surface area contributed by atoms with E-state index in [2.05, 4.69) is 12.0 Å². The lowest BCUT2D eigenvalue weighted by Crippen LogP contribution is -2.44. The van der Waals surface area contributed by atoms with Crippen LogP contribution in [0.1, 0.15) is 15.9 Å². The molecule has 2 aromatic carbocycles. The second-order valence-corrected chi connectivity index (χ2v) is 7.14. The molecule has 0 bridgehead atoms. The second-order valence-electron chi connectivity index (χ2n) is 5.46. The quantitative estimate of drug-likeness (QED) is 0.457. The van der Waals surface area contributed by atoms with Crippen molar-refractivity contribution in [3.8, 4) is 5.75 Å². The van der Waals surface area contributed by atoms with E-state index in [-0.39, 0.29) is 10.2 Å². The van der Waals surface area contributed by atoms with Crippen LogP contribution in [0.2, 0.25) is 0 Å². The molecule has 0 spiro atoms. The number of nitrogens with one attached hydrogen (secondary N) is 1. The molecular weight excluding hydrogens is 380 g/mol. The fraction of sp³-hybridized carbons (Fsp3) is 0.0500. The summed E-state index contributed by atoms with van der Waals surface area (Å²) in [4.78, 5) is 25.4. The second kappa shape index (κ2) is 8.66. The first-order valence-electron chi connectivity index (χ1n) is 8.07. The van der Waals surface area contributed by atoms with E-state index in [0.717, 1.165) is 22.3 Å². The summed E-state index contributed by atoms with van der Waals surface area (Å²) in [5.74, 6) is -0.147. The number of carbonyl (C=O) groups is 2. The summed E-state index contributed by atoms with van der Waals surface area (Å²) >= 11 is 6.37. The molecular formula is C20H16N2O3S2. The van der Waals surface area contributed by atoms with Gasteiger partial charge in [0.15, 0.2) is 4.32 Å². The smallest absolute Gasteiger partial charge is 0.285 e. The molecule has 1 aliphatic heterocycles. The van der Waals surface area contributed by atoms with Gasteiger partial charge >= 0.3 is 0 Å². The summed E-state index contributed by atoms with van der Waals surface area (Å²) in [6.07, 6.45) is 3.35. The average Bonchev–Trinajstić information content (AvgIpc) is 2.95. The molecule has 1 saturated heterocycles. The first-order chi connectivity index (χ1) is 13.1. The Labute approximate surface area is 166 Å². The minimum absolute atomic E-state index is 0.264. The van der Waals surface area contributed by atoms with Crippen LogP contribution in [0.4, 0.5) is 0 Å². The molecule has 0 aliphatic carbocycles. The van der Waals surface area contributed by atoms with Crippen LogP contribution in [0.15, 0.2) is 72.2 Å². The zero-order chi connectivity index (χ0) is 19.2. The highest BCUT2D eigenvalue weighted by molar-refractivity contribution is 8.26. The third kappa shape index (κ3) is 4.45. The number of ether oxygens (including phenoxy) is 1. The van der Waals surface area contributed by atoms with E-state index in [1.807, 2.05) is 30.3 Å². The summed E-state index contributed by atoms with van der Waals surface area (Å²) in [6, 6.07) is 16.0. The van der Waals surface area contributed by atoms with Crippen LogP contribution in [0.3, 0.4) is 0 Å². The lowest BCUT2D eigenvalue weighted by Gasteiger charge is -2.15. The Morgan fingerprint density at radius 3 is 2.63 bits per heavy atom. The van der Waals surface area contributed by atoms with E-state index in [4.69, 9.17) is 17.0 Å². The number of benzene rings is 2. The van der Waals surface area contributed by atoms with E-state index in [1.165, 1.54) is 0 Å². The van der Waals surface area contributed by atoms with Gasteiger partial charge in [0.2, 0.25) is 0 Å². The van der Waals surface area contributed by atoms with Crippen molar-refractivity contribution >= 4 is 46.2 Å². The van der Waals surface area contributed by atoms with Crippen molar-refractivity contribution in [1.82, 2.24) is 10.4 Å². The molecule has 1 heterocycles. The summed E-state index contributed by atoms with van der Waals surface area (Å²) < 4.78 is 5.87. The van der Waals surface area contributed by atoms with E-state index in [9.17, 15) is 9.59 Å². The summed E-state index contributed by atoms with van der Waals surface area (Å²) in [5, 5.41) is 1.09. The molecule has 5 nitrogen and oxygen atoms in total. The maximum Gasteiger partial charge on any atom is 0.285 e. The molecule has 0 aromatic heterocycles. The molecule has 1 fully saturated rings. The van der Waals surface area contributed by atoms with Gasteiger partial charge in [-0.3, -0.25) is 15.0 Å². The van der Waals surface area contributed by atoms with Crippen LogP contribution < -0.4 is 10.2 Å². The predicted molar refractivity (Wildman–Crippen MR) is 111 cm³/mol. The summed E-state index contributed by atoms with van der Waals surface area (Å²) in [7, 11) is 0. The molecule has 7 heteroatoms. The molecule has 2 amide bonds. The first kappa shape index (κ1) is 18.9. The van der Waals surface area contributed by atoms with E-state index in [0.29, 0.717) is 22.8 Å². The molecule has 1 aliphatic rings. The molecule has 0 saturated carbocycles. The Bertz CT molecular complexity index is 926. The molecule has 27 heavy (non-hydrogen) atoms. The van der Waals surface area contributed by atoms with Gasteiger partial charge in [-0.05, 0) is 36.5 Å². The van der Waals surface area contributed by atoms with Gasteiger partial charge in [0.05, 0.1) is 4.91 Å². The number of hydrogen-bond donors (Lipinski definition) is 1. The molecule has 0 unspecified atom stereocenters. The van der Waals surface area contributed by atoms with Crippen LogP contribution in [0, 0.1) is 0 Å². The highest BCUT2D eigenvalue weighted by Crippen LogP contribution is 2.33. The zero-order valence-corrected chi connectivity index (χ0v) is 15.9. The van der Waals surface area contributed by atoms with E-state index in [1.54, 1.807) is 36.4 Å². The standard InChI is InChI=1S/C20H16N2O3S2/c1-2-12-25-16-11-7-6-10-15(16)13-17-19(24)22(20(26)27-17)21-18(23)14-8-4-3-5-9-14/h2-11,13H,1,12H2,(H,21,23)/b17-13-. The fourth-order valence-electron chi connectivity index (χ4n) is 2.34. The van der Waals surface area contributed by atoms with Crippen molar-refractivity contribution in [2.24, 2.45) is 0 Å². The maximum absolute atomic E-state index is 12.7. The number of para-hydroxylation sites is 1. The van der Waals surface area contributed by atoms with Crippen LogP contribution in [0.25, 0.3) is 6.08 Å². The molecule has 0 atom stereocenters. The van der Waals surface area contributed by atoms with Gasteiger partial charge in [-0.2, -0.15) is 5.01 Å². The number of hydrazine groups is 1. The summed E-state index contributed by atoms with van der Waals surface area (Å²) in [5.41, 5.74) is 3.74. The SMILES string of the molecule is C=CCOc1ccccc1/C=C1\SC(=S)N(NC(=O)c2ccccc2)C1=O. The summed E-state index contributed by atoms with van der Waals surface area (Å²) in [6.45, 7) is 3.99. The average molecular weight is 396 g/mol. The van der Waals surface area contributed by atoms with Crippen molar-refractivity contribution < 1.29 is 14.3 Å². The van der Waals surface area contributed by atoms with Crippen LogP contribution in [0.5, 0.6) is 5.75 Å². The minimum Gasteiger partial charge on any atom is -0.489 e. The third-order valence-corrected chi connectivity index (χ3v) is 4.91. The van der Waals surface area contributed by atoms with Gasteiger partial charge < -0.3 is 4.74 Å². The number of thiocarbonyl (C=S) groups is 1. The molecule has 0 radical (unpaired) electrons. The van der Waals surface area contributed by atoms with Crippen molar-refractivity contribution in [2.45, 2.75) is 0 Å². The van der Waals surface area contributed by atoms with Gasteiger partial charge in [0.1, 0.15) is 12.4 Å².